The maximum atomic E-state index is 12.5. The monoisotopic (exact) mass is 266 g/mol. The number of methoxy groups -OCH3 is 1. The van der Waals surface area contributed by atoms with E-state index in [9.17, 15) is 13.9 Å². The smallest absolute Gasteiger partial charge is 0.310 e. The maximum absolute atomic E-state index is 12.5. The highest BCUT2D eigenvalue weighted by Crippen LogP contribution is 2.18. The molecule has 0 rings (SSSR count). The second kappa shape index (κ2) is 9.99. The average molecular weight is 266 g/mol. The Morgan fingerprint density at radius 1 is 1.33 bits per heavy atom. The Hall–Kier alpha value is -0.980. The Kier molecular flexibility index (Phi) is 9.45. The standard InChI is InChI=1S/C12H20F2O4/c1-9(2)4-5-10(15)11(12(13)14)18-8-17-7-6-16-3/h10,15H,1,4-8H2,2-3H3. The zero-order chi connectivity index (χ0) is 14.0. The summed E-state index contributed by atoms with van der Waals surface area (Å²) < 4.78 is 39.4. The van der Waals surface area contributed by atoms with Crippen LogP contribution in [0, 0.1) is 0 Å². The third kappa shape index (κ3) is 8.16. The summed E-state index contributed by atoms with van der Waals surface area (Å²) in [4.78, 5) is 0. The van der Waals surface area contributed by atoms with E-state index in [1.54, 1.807) is 6.92 Å². The van der Waals surface area contributed by atoms with E-state index in [2.05, 4.69) is 6.58 Å². The largest absolute Gasteiger partial charge is 0.463 e. The lowest BCUT2D eigenvalue weighted by atomic mass is 10.1. The van der Waals surface area contributed by atoms with Gasteiger partial charge in [-0.3, -0.25) is 0 Å². The highest BCUT2D eigenvalue weighted by molar-refractivity contribution is 5.02. The van der Waals surface area contributed by atoms with Gasteiger partial charge in [0.1, 0.15) is 6.10 Å². The van der Waals surface area contributed by atoms with E-state index in [4.69, 9.17) is 14.2 Å². The molecule has 0 fully saturated rings. The Balaban J connectivity index is 4.07. The van der Waals surface area contributed by atoms with E-state index in [1.807, 2.05) is 0 Å². The molecule has 0 amide bonds. The van der Waals surface area contributed by atoms with Gasteiger partial charge in [-0.1, -0.05) is 5.57 Å². The van der Waals surface area contributed by atoms with Crippen molar-refractivity contribution < 1.29 is 28.1 Å². The van der Waals surface area contributed by atoms with Crippen LogP contribution in [0.25, 0.3) is 0 Å². The highest BCUT2D eigenvalue weighted by Gasteiger charge is 2.18. The molecule has 0 spiro atoms. The van der Waals surface area contributed by atoms with Crippen LogP contribution in [0.1, 0.15) is 19.8 Å². The molecule has 0 aromatic heterocycles. The van der Waals surface area contributed by atoms with Crippen molar-refractivity contribution in [3.8, 4) is 0 Å². The maximum Gasteiger partial charge on any atom is 0.310 e. The normalized spacial score (nSPS) is 12.1. The van der Waals surface area contributed by atoms with E-state index in [0.717, 1.165) is 5.57 Å². The summed E-state index contributed by atoms with van der Waals surface area (Å²) in [6, 6.07) is 0. The van der Waals surface area contributed by atoms with Gasteiger partial charge >= 0.3 is 6.08 Å². The van der Waals surface area contributed by atoms with Crippen molar-refractivity contribution >= 4 is 0 Å². The van der Waals surface area contributed by atoms with Crippen molar-refractivity contribution in [3.05, 3.63) is 24.0 Å². The second-order valence-electron chi connectivity index (χ2n) is 3.80. The number of rotatable bonds is 10. The van der Waals surface area contributed by atoms with E-state index in [-0.39, 0.29) is 19.8 Å². The topological polar surface area (TPSA) is 47.9 Å². The van der Waals surface area contributed by atoms with Gasteiger partial charge in [0, 0.05) is 7.11 Å². The lowest BCUT2D eigenvalue weighted by Crippen LogP contribution is -2.16. The zero-order valence-electron chi connectivity index (χ0n) is 10.7. The van der Waals surface area contributed by atoms with E-state index < -0.39 is 17.9 Å². The first-order valence-corrected chi connectivity index (χ1v) is 5.56. The van der Waals surface area contributed by atoms with E-state index in [1.165, 1.54) is 7.11 Å². The van der Waals surface area contributed by atoms with Gasteiger partial charge in [0.2, 0.25) is 0 Å². The molecule has 0 aromatic rings. The van der Waals surface area contributed by atoms with Crippen molar-refractivity contribution in [3.63, 3.8) is 0 Å². The molecule has 0 aliphatic heterocycles. The summed E-state index contributed by atoms with van der Waals surface area (Å²) >= 11 is 0. The van der Waals surface area contributed by atoms with Gasteiger partial charge < -0.3 is 19.3 Å². The predicted molar refractivity (Wildman–Crippen MR) is 63.1 cm³/mol. The summed E-state index contributed by atoms with van der Waals surface area (Å²) in [6.07, 6.45) is -2.80. The number of hydrogen-bond acceptors (Lipinski definition) is 4. The van der Waals surface area contributed by atoms with Gasteiger partial charge in [0.05, 0.1) is 13.2 Å². The number of hydrogen-bond donors (Lipinski definition) is 1. The number of aliphatic hydroxyl groups is 1. The molecule has 6 heteroatoms. The minimum Gasteiger partial charge on any atom is -0.463 e. The van der Waals surface area contributed by atoms with Crippen LogP contribution in [0.5, 0.6) is 0 Å². The third-order valence-electron chi connectivity index (χ3n) is 2.06. The van der Waals surface area contributed by atoms with Crippen molar-refractivity contribution in [2.24, 2.45) is 0 Å². The average Bonchev–Trinajstić information content (AvgIpc) is 2.30. The molecule has 0 aromatic carbocycles. The molecule has 0 saturated heterocycles. The molecule has 0 aliphatic rings. The minimum atomic E-state index is -2.04. The zero-order valence-corrected chi connectivity index (χ0v) is 10.7. The quantitative estimate of drug-likeness (QED) is 0.285. The highest BCUT2D eigenvalue weighted by atomic mass is 19.3. The molecule has 18 heavy (non-hydrogen) atoms. The lowest BCUT2D eigenvalue weighted by Gasteiger charge is -2.15. The molecule has 0 radical (unpaired) electrons. The number of allylic oxidation sites excluding steroid dienone is 1. The summed E-state index contributed by atoms with van der Waals surface area (Å²) in [5, 5.41) is 9.55. The van der Waals surface area contributed by atoms with Crippen molar-refractivity contribution in [1.29, 1.82) is 0 Å². The minimum absolute atomic E-state index is 0.139. The molecule has 0 heterocycles. The van der Waals surface area contributed by atoms with Gasteiger partial charge in [-0.25, -0.2) is 0 Å². The van der Waals surface area contributed by atoms with E-state index in [0.29, 0.717) is 13.0 Å². The fourth-order valence-corrected chi connectivity index (χ4v) is 1.10. The second-order valence-corrected chi connectivity index (χ2v) is 3.80. The van der Waals surface area contributed by atoms with Crippen LogP contribution in [0.2, 0.25) is 0 Å². The van der Waals surface area contributed by atoms with Gasteiger partial charge in [-0.15, -0.1) is 6.58 Å². The van der Waals surface area contributed by atoms with Crippen LogP contribution in [-0.4, -0.2) is 38.3 Å². The van der Waals surface area contributed by atoms with Gasteiger partial charge in [-0.05, 0) is 19.8 Å². The van der Waals surface area contributed by atoms with Gasteiger partial charge in [0.15, 0.2) is 12.6 Å². The van der Waals surface area contributed by atoms with Crippen molar-refractivity contribution in [2.45, 2.75) is 25.9 Å². The molecule has 0 saturated carbocycles. The van der Waals surface area contributed by atoms with Crippen LogP contribution in [0.3, 0.4) is 0 Å². The summed E-state index contributed by atoms with van der Waals surface area (Å²) in [5.41, 5.74) is 0.809. The third-order valence-corrected chi connectivity index (χ3v) is 2.06. The molecule has 0 aliphatic carbocycles. The van der Waals surface area contributed by atoms with Crippen LogP contribution in [0.15, 0.2) is 24.0 Å². The molecule has 1 unspecified atom stereocenters. The number of ether oxygens (including phenoxy) is 3. The number of halogens is 2. The molecule has 1 atom stereocenters. The lowest BCUT2D eigenvalue weighted by molar-refractivity contribution is -0.0598. The molecule has 0 bridgehead atoms. The van der Waals surface area contributed by atoms with Crippen LogP contribution >= 0.6 is 0 Å². The Morgan fingerprint density at radius 2 is 2.00 bits per heavy atom. The van der Waals surface area contributed by atoms with Crippen LogP contribution in [-0.2, 0) is 14.2 Å². The Bertz CT molecular complexity index is 275. The first kappa shape index (κ1) is 17.0. The predicted octanol–water partition coefficient (Wildman–Crippen LogP) is 2.45. The SMILES string of the molecule is C=C(C)CCC(O)C(OCOCCOC)=C(F)F. The first-order chi connectivity index (χ1) is 8.49. The summed E-state index contributed by atoms with van der Waals surface area (Å²) in [6.45, 7) is 5.63. The Morgan fingerprint density at radius 3 is 2.50 bits per heavy atom. The fourth-order valence-electron chi connectivity index (χ4n) is 1.10. The van der Waals surface area contributed by atoms with E-state index >= 15 is 0 Å². The first-order valence-electron chi connectivity index (χ1n) is 5.56. The van der Waals surface area contributed by atoms with Crippen LogP contribution in [0.4, 0.5) is 8.78 Å². The van der Waals surface area contributed by atoms with Gasteiger partial charge in [0.25, 0.3) is 0 Å². The molecule has 4 nitrogen and oxygen atoms in total. The Labute approximate surface area is 106 Å². The van der Waals surface area contributed by atoms with Crippen LogP contribution < -0.4 is 0 Å². The fraction of sp³-hybridized carbons (Fsp3) is 0.667. The molecular formula is C12H20F2O4. The van der Waals surface area contributed by atoms with Crippen molar-refractivity contribution in [2.75, 3.05) is 27.1 Å². The molecule has 106 valence electrons. The summed E-state index contributed by atoms with van der Waals surface area (Å²) in [5.74, 6) is -0.742. The summed E-state index contributed by atoms with van der Waals surface area (Å²) in [7, 11) is 1.50. The van der Waals surface area contributed by atoms with Gasteiger partial charge in [-0.2, -0.15) is 8.78 Å². The molecule has 1 N–H and O–H groups in total. The number of aliphatic hydroxyl groups excluding tert-OH is 1. The molecular weight excluding hydrogens is 246 g/mol. The van der Waals surface area contributed by atoms with Crippen molar-refractivity contribution in [1.82, 2.24) is 0 Å².